The van der Waals surface area contributed by atoms with Gasteiger partial charge in [-0.3, -0.25) is 9.59 Å². The number of anilines is 2. The van der Waals surface area contributed by atoms with Crippen LogP contribution in [-0.4, -0.2) is 18.2 Å². The van der Waals surface area contributed by atoms with E-state index in [4.69, 9.17) is 0 Å². The number of Topliss-reactive ketones (excluding diaryl/α,β-unsaturated/α-hetero) is 1. The molecule has 1 aliphatic heterocycles. The lowest BCUT2D eigenvalue weighted by molar-refractivity contribution is -0.114. The van der Waals surface area contributed by atoms with Gasteiger partial charge in [0.2, 0.25) is 5.91 Å². The second kappa shape index (κ2) is 8.37. The second-order valence-electron chi connectivity index (χ2n) is 7.54. The maximum Gasteiger partial charge on any atom is 0.221 e. The topological polar surface area (TPSA) is 49.4 Å². The van der Waals surface area contributed by atoms with Crippen LogP contribution in [0.4, 0.5) is 11.4 Å². The molecule has 0 fully saturated rings. The normalized spacial score (nSPS) is 13.1. The van der Waals surface area contributed by atoms with E-state index in [1.165, 1.54) is 18.1 Å². The lowest BCUT2D eigenvalue weighted by atomic mass is 9.96. The molecule has 4 nitrogen and oxygen atoms in total. The molecule has 0 unspecified atom stereocenters. The summed E-state index contributed by atoms with van der Waals surface area (Å²) in [7, 11) is 0. The summed E-state index contributed by atoms with van der Waals surface area (Å²) < 4.78 is 0. The largest absolute Gasteiger partial charge is 0.347 e. The van der Waals surface area contributed by atoms with Gasteiger partial charge in [-0.15, -0.1) is 0 Å². The van der Waals surface area contributed by atoms with E-state index in [0.717, 1.165) is 24.2 Å². The zero-order valence-electron chi connectivity index (χ0n) is 17.2. The number of fused-ring (bicyclic) bond motifs is 1. The highest BCUT2D eigenvalue weighted by Crippen LogP contribution is 2.32. The third kappa shape index (κ3) is 4.03. The van der Waals surface area contributed by atoms with Gasteiger partial charge in [0, 0.05) is 36.5 Å². The molecule has 1 heterocycles. The Kier molecular flexibility index (Phi) is 5.48. The summed E-state index contributed by atoms with van der Waals surface area (Å²) in [6.45, 7) is 4.37. The molecule has 0 saturated heterocycles. The van der Waals surface area contributed by atoms with Gasteiger partial charge in [0.1, 0.15) is 0 Å². The Morgan fingerprint density at radius 2 is 1.70 bits per heavy atom. The van der Waals surface area contributed by atoms with Crippen molar-refractivity contribution in [3.8, 4) is 0 Å². The Bertz CT molecular complexity index is 1130. The van der Waals surface area contributed by atoms with Gasteiger partial charge >= 0.3 is 0 Å². The number of nitrogens with zero attached hydrogens (tertiary/aromatic N) is 1. The summed E-state index contributed by atoms with van der Waals surface area (Å²) in [4.78, 5) is 27.4. The molecule has 3 aromatic carbocycles. The first-order chi connectivity index (χ1) is 14.5. The fourth-order valence-corrected chi connectivity index (χ4v) is 3.85. The summed E-state index contributed by atoms with van der Waals surface area (Å²) >= 11 is 0. The lowest BCUT2D eigenvalue weighted by Gasteiger charge is -2.18. The highest BCUT2D eigenvalue weighted by atomic mass is 16.1. The van der Waals surface area contributed by atoms with Gasteiger partial charge in [0.15, 0.2) is 5.78 Å². The second-order valence-corrected chi connectivity index (χ2v) is 7.54. The van der Waals surface area contributed by atoms with Crippen LogP contribution >= 0.6 is 0 Å². The lowest BCUT2D eigenvalue weighted by Crippen LogP contribution is -2.17. The molecule has 0 atom stereocenters. The van der Waals surface area contributed by atoms with E-state index in [1.807, 2.05) is 48.7 Å². The molecule has 3 aromatic rings. The molecule has 4 heteroatoms. The van der Waals surface area contributed by atoms with Crippen LogP contribution in [0.3, 0.4) is 0 Å². The van der Waals surface area contributed by atoms with Crippen molar-refractivity contribution in [2.45, 2.75) is 20.3 Å². The number of aryl methyl sites for hydroxylation is 1. The number of allylic oxidation sites excluding steroid dienone is 1. The molecule has 30 heavy (non-hydrogen) atoms. The van der Waals surface area contributed by atoms with Crippen molar-refractivity contribution in [3.63, 3.8) is 0 Å². The molecule has 0 aromatic heterocycles. The average Bonchev–Trinajstić information content (AvgIpc) is 3.14. The highest BCUT2D eigenvalue weighted by molar-refractivity contribution is 6.31. The fourth-order valence-electron chi connectivity index (χ4n) is 3.85. The smallest absolute Gasteiger partial charge is 0.221 e. The molecule has 1 aliphatic rings. The monoisotopic (exact) mass is 396 g/mol. The molecule has 0 aliphatic carbocycles. The number of carbonyl (C=O) groups is 2. The van der Waals surface area contributed by atoms with Crippen molar-refractivity contribution in [1.29, 1.82) is 0 Å². The van der Waals surface area contributed by atoms with Gasteiger partial charge in [-0.2, -0.15) is 0 Å². The SMILES string of the molecule is CC(=O)Nc1ccccc1C(=O)/C(=C/N1CCc2cc(C)ccc21)c1ccccc1. The van der Waals surface area contributed by atoms with Crippen LogP contribution in [-0.2, 0) is 11.2 Å². The zero-order chi connectivity index (χ0) is 21.1. The van der Waals surface area contributed by atoms with Crippen molar-refractivity contribution in [3.05, 3.63) is 101 Å². The maximum atomic E-state index is 13.7. The molecule has 0 radical (unpaired) electrons. The van der Waals surface area contributed by atoms with Crippen molar-refractivity contribution in [2.24, 2.45) is 0 Å². The Morgan fingerprint density at radius 1 is 0.967 bits per heavy atom. The number of hydrogen-bond acceptors (Lipinski definition) is 3. The number of rotatable bonds is 5. The fraction of sp³-hybridized carbons (Fsp3) is 0.154. The zero-order valence-corrected chi connectivity index (χ0v) is 17.2. The minimum Gasteiger partial charge on any atom is -0.347 e. The van der Waals surface area contributed by atoms with Crippen molar-refractivity contribution >= 4 is 28.6 Å². The molecule has 0 spiro atoms. The minimum atomic E-state index is -0.204. The number of benzene rings is 3. The third-order valence-electron chi connectivity index (χ3n) is 5.26. The van der Waals surface area contributed by atoms with E-state index < -0.39 is 0 Å². The first-order valence-electron chi connectivity index (χ1n) is 10.1. The molecular weight excluding hydrogens is 372 g/mol. The van der Waals surface area contributed by atoms with Gasteiger partial charge in [0.05, 0.1) is 5.69 Å². The molecule has 150 valence electrons. The number of para-hydroxylation sites is 1. The van der Waals surface area contributed by atoms with Crippen LogP contribution in [0.15, 0.2) is 79.0 Å². The Morgan fingerprint density at radius 3 is 2.47 bits per heavy atom. The van der Waals surface area contributed by atoms with E-state index in [-0.39, 0.29) is 11.7 Å². The Hall–Kier alpha value is -3.66. The molecule has 0 bridgehead atoms. The predicted octanol–water partition coefficient (Wildman–Crippen LogP) is 5.24. The maximum absolute atomic E-state index is 13.7. The van der Waals surface area contributed by atoms with Crippen LogP contribution in [0.25, 0.3) is 5.57 Å². The summed E-state index contributed by atoms with van der Waals surface area (Å²) in [6, 6.07) is 23.2. The molecular formula is C26H24N2O2. The van der Waals surface area contributed by atoms with Crippen LogP contribution in [0, 0.1) is 6.92 Å². The van der Waals surface area contributed by atoms with Gasteiger partial charge in [-0.1, -0.05) is 60.2 Å². The van der Waals surface area contributed by atoms with Crippen LogP contribution in [0.2, 0.25) is 0 Å². The minimum absolute atomic E-state index is 0.119. The van der Waals surface area contributed by atoms with Crippen molar-refractivity contribution in [1.82, 2.24) is 0 Å². The quantitative estimate of drug-likeness (QED) is 0.474. The van der Waals surface area contributed by atoms with Crippen molar-refractivity contribution < 1.29 is 9.59 Å². The predicted molar refractivity (Wildman–Crippen MR) is 122 cm³/mol. The van der Waals surface area contributed by atoms with Gasteiger partial charge in [-0.05, 0) is 42.7 Å². The third-order valence-corrected chi connectivity index (χ3v) is 5.26. The number of hydrogen-bond donors (Lipinski definition) is 1. The summed E-state index contributed by atoms with van der Waals surface area (Å²) in [6.07, 6.45) is 2.90. The first-order valence-corrected chi connectivity index (χ1v) is 10.1. The number of nitrogens with one attached hydrogen (secondary N) is 1. The summed E-state index contributed by atoms with van der Waals surface area (Å²) in [5, 5.41) is 2.78. The molecule has 1 N–H and O–H groups in total. The molecule has 1 amide bonds. The summed E-state index contributed by atoms with van der Waals surface area (Å²) in [5.41, 5.74) is 6.12. The number of ketones is 1. The van der Waals surface area contributed by atoms with E-state index in [2.05, 4.69) is 35.3 Å². The van der Waals surface area contributed by atoms with Crippen LogP contribution < -0.4 is 10.2 Å². The highest BCUT2D eigenvalue weighted by Gasteiger charge is 2.23. The van der Waals surface area contributed by atoms with Gasteiger partial charge in [-0.25, -0.2) is 0 Å². The Balaban J connectivity index is 1.79. The number of carbonyl (C=O) groups excluding carboxylic acids is 2. The van der Waals surface area contributed by atoms with E-state index in [9.17, 15) is 9.59 Å². The van der Waals surface area contributed by atoms with E-state index >= 15 is 0 Å². The van der Waals surface area contributed by atoms with Crippen LogP contribution in [0.5, 0.6) is 0 Å². The molecule has 0 saturated carbocycles. The van der Waals surface area contributed by atoms with E-state index in [0.29, 0.717) is 16.8 Å². The summed E-state index contributed by atoms with van der Waals surface area (Å²) in [5.74, 6) is -0.324. The standard InChI is InChI=1S/C26H24N2O2/c1-18-12-13-25-21(16-18)14-15-28(25)17-23(20-8-4-3-5-9-20)26(30)22-10-6-7-11-24(22)27-19(2)29/h3-13,16-17H,14-15H2,1-2H3,(H,27,29)/b23-17+. The van der Waals surface area contributed by atoms with Gasteiger partial charge < -0.3 is 10.2 Å². The van der Waals surface area contributed by atoms with Crippen molar-refractivity contribution in [2.75, 3.05) is 16.8 Å². The average molecular weight is 396 g/mol. The van der Waals surface area contributed by atoms with Crippen LogP contribution in [0.1, 0.15) is 34.0 Å². The van der Waals surface area contributed by atoms with E-state index in [1.54, 1.807) is 12.1 Å². The van der Waals surface area contributed by atoms with Gasteiger partial charge in [0.25, 0.3) is 0 Å². The first kappa shape index (κ1) is 19.6. The molecule has 4 rings (SSSR count). The number of amides is 1. The Labute approximate surface area is 176 Å².